The standard InChI is InChI=1S/C20H17ClFN3O3/c21-13-4-3-5-14(12-13)23-19(26)17-18(15-6-1-2-7-16(15)22)24-28-20(17)25-8-10-27-11-9-25/h1-7,12H,8-11H2,(H,23,26). The average Bonchev–Trinajstić information content (AvgIpc) is 3.14. The highest BCUT2D eigenvalue weighted by Gasteiger charge is 2.30. The number of aromatic nitrogens is 1. The summed E-state index contributed by atoms with van der Waals surface area (Å²) in [5, 5.41) is 7.30. The minimum absolute atomic E-state index is 0.152. The summed E-state index contributed by atoms with van der Waals surface area (Å²) < 4.78 is 25.2. The van der Waals surface area contributed by atoms with Gasteiger partial charge < -0.3 is 19.5 Å². The van der Waals surface area contributed by atoms with Gasteiger partial charge in [0.15, 0.2) is 0 Å². The van der Waals surface area contributed by atoms with Crippen LogP contribution in [0.2, 0.25) is 5.02 Å². The smallest absolute Gasteiger partial charge is 0.263 e. The fourth-order valence-electron chi connectivity index (χ4n) is 3.07. The van der Waals surface area contributed by atoms with E-state index >= 15 is 0 Å². The lowest BCUT2D eigenvalue weighted by Crippen LogP contribution is -2.37. The Kier molecular flexibility index (Phi) is 5.27. The number of benzene rings is 2. The van der Waals surface area contributed by atoms with Crippen LogP contribution in [-0.2, 0) is 4.74 Å². The van der Waals surface area contributed by atoms with E-state index in [1.807, 2.05) is 4.90 Å². The Morgan fingerprint density at radius 3 is 2.68 bits per heavy atom. The van der Waals surface area contributed by atoms with Crippen molar-refractivity contribution in [2.75, 3.05) is 36.5 Å². The van der Waals surface area contributed by atoms with Crippen LogP contribution in [0.5, 0.6) is 0 Å². The quantitative estimate of drug-likeness (QED) is 0.708. The van der Waals surface area contributed by atoms with Crippen molar-refractivity contribution >= 4 is 29.1 Å². The number of anilines is 2. The third-order valence-corrected chi connectivity index (χ3v) is 4.65. The maximum absolute atomic E-state index is 14.4. The second kappa shape index (κ2) is 8.00. The lowest BCUT2D eigenvalue weighted by atomic mass is 10.1. The molecule has 3 aromatic rings. The summed E-state index contributed by atoms with van der Waals surface area (Å²) in [5.74, 6) is -0.648. The second-order valence-electron chi connectivity index (χ2n) is 6.26. The van der Waals surface area contributed by atoms with Crippen molar-refractivity contribution in [3.8, 4) is 11.3 Å². The summed E-state index contributed by atoms with van der Waals surface area (Å²) in [6.07, 6.45) is 0. The van der Waals surface area contributed by atoms with Gasteiger partial charge in [-0.15, -0.1) is 0 Å². The van der Waals surface area contributed by atoms with Gasteiger partial charge in [-0.2, -0.15) is 0 Å². The van der Waals surface area contributed by atoms with Crippen LogP contribution in [0.15, 0.2) is 53.1 Å². The van der Waals surface area contributed by atoms with E-state index in [4.69, 9.17) is 20.9 Å². The van der Waals surface area contributed by atoms with Crippen LogP contribution >= 0.6 is 11.6 Å². The summed E-state index contributed by atoms with van der Waals surface area (Å²) in [6, 6.07) is 12.9. The molecular formula is C20H17ClFN3O3. The normalized spacial score (nSPS) is 14.1. The van der Waals surface area contributed by atoms with Crippen LogP contribution in [0, 0.1) is 5.82 Å². The van der Waals surface area contributed by atoms with Crippen molar-refractivity contribution < 1.29 is 18.4 Å². The zero-order valence-electron chi connectivity index (χ0n) is 14.8. The molecule has 1 aliphatic heterocycles. The predicted molar refractivity (Wildman–Crippen MR) is 104 cm³/mol. The first-order chi connectivity index (χ1) is 13.6. The fraction of sp³-hybridized carbons (Fsp3) is 0.200. The molecule has 0 atom stereocenters. The Hall–Kier alpha value is -2.90. The van der Waals surface area contributed by atoms with Crippen molar-refractivity contribution in [1.82, 2.24) is 5.16 Å². The number of amides is 1. The molecule has 0 aliphatic carbocycles. The minimum atomic E-state index is -0.485. The van der Waals surface area contributed by atoms with Crippen LogP contribution in [0.25, 0.3) is 11.3 Å². The maximum atomic E-state index is 14.4. The van der Waals surface area contributed by atoms with Gasteiger partial charge in [-0.1, -0.05) is 35.0 Å². The third-order valence-electron chi connectivity index (χ3n) is 4.41. The van der Waals surface area contributed by atoms with Gasteiger partial charge in [-0.3, -0.25) is 4.79 Å². The van der Waals surface area contributed by atoms with Gasteiger partial charge in [0.2, 0.25) is 5.88 Å². The molecule has 1 aromatic heterocycles. The van der Waals surface area contributed by atoms with Gasteiger partial charge in [0, 0.05) is 29.4 Å². The summed E-state index contributed by atoms with van der Waals surface area (Å²) in [6.45, 7) is 2.10. The zero-order valence-corrected chi connectivity index (χ0v) is 15.6. The molecule has 4 rings (SSSR count). The van der Waals surface area contributed by atoms with Crippen molar-refractivity contribution in [2.24, 2.45) is 0 Å². The van der Waals surface area contributed by atoms with E-state index in [1.165, 1.54) is 6.07 Å². The molecule has 0 spiro atoms. The fourth-order valence-corrected chi connectivity index (χ4v) is 3.26. The van der Waals surface area contributed by atoms with Gasteiger partial charge in [0.05, 0.1) is 13.2 Å². The van der Waals surface area contributed by atoms with E-state index in [0.29, 0.717) is 42.9 Å². The van der Waals surface area contributed by atoms with E-state index in [-0.39, 0.29) is 16.8 Å². The molecule has 2 aromatic carbocycles. The molecule has 8 heteroatoms. The molecule has 1 amide bonds. The molecule has 1 N–H and O–H groups in total. The van der Waals surface area contributed by atoms with Crippen molar-refractivity contribution in [2.45, 2.75) is 0 Å². The molecule has 2 heterocycles. The van der Waals surface area contributed by atoms with E-state index in [2.05, 4.69) is 10.5 Å². The molecule has 0 bridgehead atoms. The van der Waals surface area contributed by atoms with Crippen LogP contribution in [0.1, 0.15) is 10.4 Å². The summed E-state index contributed by atoms with van der Waals surface area (Å²) >= 11 is 6.00. The zero-order chi connectivity index (χ0) is 19.5. The summed E-state index contributed by atoms with van der Waals surface area (Å²) in [5.41, 5.74) is 1.04. The largest absolute Gasteiger partial charge is 0.378 e. The molecule has 28 heavy (non-hydrogen) atoms. The van der Waals surface area contributed by atoms with Gasteiger partial charge in [0.1, 0.15) is 17.1 Å². The molecule has 0 unspecified atom stereocenters. The van der Waals surface area contributed by atoms with E-state index in [0.717, 1.165) is 0 Å². The monoisotopic (exact) mass is 401 g/mol. The van der Waals surface area contributed by atoms with Crippen molar-refractivity contribution in [3.05, 3.63) is 64.9 Å². The average molecular weight is 402 g/mol. The Morgan fingerprint density at radius 1 is 1.14 bits per heavy atom. The lowest BCUT2D eigenvalue weighted by molar-refractivity contribution is 0.102. The van der Waals surface area contributed by atoms with E-state index in [9.17, 15) is 9.18 Å². The Morgan fingerprint density at radius 2 is 1.93 bits per heavy atom. The molecule has 1 aliphatic rings. The van der Waals surface area contributed by atoms with Gasteiger partial charge in [0.25, 0.3) is 5.91 Å². The first-order valence-corrected chi connectivity index (χ1v) is 9.15. The molecule has 0 radical (unpaired) electrons. The number of carbonyl (C=O) groups is 1. The highest BCUT2D eigenvalue weighted by Crippen LogP contribution is 2.33. The number of hydrogen-bond donors (Lipinski definition) is 1. The van der Waals surface area contributed by atoms with Gasteiger partial charge >= 0.3 is 0 Å². The maximum Gasteiger partial charge on any atom is 0.263 e. The number of ether oxygens (including phenoxy) is 1. The van der Waals surface area contributed by atoms with Gasteiger partial charge in [-0.05, 0) is 30.3 Å². The van der Waals surface area contributed by atoms with Crippen molar-refractivity contribution in [1.29, 1.82) is 0 Å². The molecule has 1 fully saturated rings. The first-order valence-electron chi connectivity index (χ1n) is 8.77. The molecule has 6 nitrogen and oxygen atoms in total. The Labute approximate surface area is 165 Å². The molecule has 144 valence electrons. The SMILES string of the molecule is O=C(Nc1cccc(Cl)c1)c1c(-c2ccccc2F)noc1N1CCOCC1. The molecule has 0 saturated carbocycles. The number of hydrogen-bond acceptors (Lipinski definition) is 5. The van der Waals surface area contributed by atoms with E-state index in [1.54, 1.807) is 42.5 Å². The number of nitrogens with one attached hydrogen (secondary N) is 1. The van der Waals surface area contributed by atoms with Crippen LogP contribution in [0.3, 0.4) is 0 Å². The summed E-state index contributed by atoms with van der Waals surface area (Å²) in [7, 11) is 0. The Balaban J connectivity index is 1.76. The molecular weight excluding hydrogens is 385 g/mol. The third kappa shape index (κ3) is 3.72. The number of carbonyl (C=O) groups excluding carboxylic acids is 1. The van der Waals surface area contributed by atoms with Gasteiger partial charge in [-0.25, -0.2) is 4.39 Å². The summed E-state index contributed by atoms with van der Waals surface area (Å²) in [4.78, 5) is 15.0. The van der Waals surface area contributed by atoms with E-state index < -0.39 is 11.7 Å². The van der Waals surface area contributed by atoms with Crippen molar-refractivity contribution in [3.63, 3.8) is 0 Å². The highest BCUT2D eigenvalue weighted by molar-refractivity contribution is 6.31. The number of halogens is 2. The topological polar surface area (TPSA) is 67.6 Å². The van der Waals surface area contributed by atoms with Crippen LogP contribution in [0.4, 0.5) is 16.0 Å². The van der Waals surface area contributed by atoms with Crippen LogP contribution < -0.4 is 10.2 Å². The number of nitrogens with zero attached hydrogens (tertiary/aromatic N) is 2. The molecule has 1 saturated heterocycles. The first kappa shape index (κ1) is 18.5. The van der Waals surface area contributed by atoms with Crippen LogP contribution in [-0.4, -0.2) is 37.4 Å². The minimum Gasteiger partial charge on any atom is -0.378 e. The number of morpholine rings is 1. The lowest BCUT2D eigenvalue weighted by Gasteiger charge is -2.26. The number of rotatable bonds is 4. The second-order valence-corrected chi connectivity index (χ2v) is 6.69. The predicted octanol–water partition coefficient (Wildman–Crippen LogP) is 4.22. The Bertz CT molecular complexity index is 1000. The highest BCUT2D eigenvalue weighted by atomic mass is 35.5.